The molecule has 1 amide bonds. The standard InChI is InChI=1S/C41H58N4O7Si/c1-26(2)53(27(3)4,28(5)6)52-34-21-30(22-37(42)40(47)45-16-8-10-38(43-45)41(48)49)20-33(23-34)32-11-12-35-36(31-13-18-50-19-14-31)25-44(39(35)24-32)15-9-17-51-29(7)46/h11-13,20-21,23-28,37-38,43H,8-10,14-19,22,42H2,1-7H3,(H,48,49). The number of hydrogen-bond donors (Lipinski definition) is 3. The van der Waals surface area contributed by atoms with Gasteiger partial charge in [0, 0.05) is 42.7 Å². The summed E-state index contributed by atoms with van der Waals surface area (Å²) in [6.07, 6.45) is 7.18. The molecule has 1 fully saturated rings. The molecule has 2 atom stereocenters. The van der Waals surface area contributed by atoms with E-state index in [1.54, 1.807) is 0 Å². The number of nitrogens with zero attached hydrogens (tertiary/aromatic N) is 2. The highest BCUT2D eigenvalue weighted by Crippen LogP contribution is 2.44. The number of carboxylic acids is 1. The number of nitrogens with two attached hydrogens (primary N) is 1. The largest absolute Gasteiger partial charge is 0.543 e. The summed E-state index contributed by atoms with van der Waals surface area (Å²) in [5, 5.41) is 12.1. The lowest BCUT2D eigenvalue weighted by atomic mass is 9.96. The van der Waals surface area contributed by atoms with Crippen LogP contribution >= 0.6 is 0 Å². The Balaban J connectivity index is 1.56. The lowest BCUT2D eigenvalue weighted by Gasteiger charge is -2.42. The number of aryl methyl sites for hydroxylation is 1. The molecule has 0 radical (unpaired) electrons. The van der Waals surface area contributed by atoms with E-state index >= 15 is 0 Å². The van der Waals surface area contributed by atoms with Crippen LogP contribution in [0.5, 0.6) is 5.75 Å². The number of hydrazine groups is 1. The van der Waals surface area contributed by atoms with Crippen molar-refractivity contribution in [2.75, 3.05) is 26.4 Å². The molecule has 1 aromatic heterocycles. The van der Waals surface area contributed by atoms with Crippen LogP contribution in [0.4, 0.5) is 0 Å². The van der Waals surface area contributed by atoms with E-state index in [2.05, 4.69) is 94.1 Å². The number of aromatic nitrogens is 1. The first-order valence-corrected chi connectivity index (χ1v) is 21.3. The SMILES string of the molecule is CC(=O)OCCCn1cc(C2=CCOCC2)c2ccc(-c3cc(CC(N)C(=O)N4CCCC(C(=O)O)N4)cc(O[Si](C(C)C)(C(C)C)C(C)C)c3)cc21. The minimum Gasteiger partial charge on any atom is -0.543 e. The van der Waals surface area contributed by atoms with Crippen LogP contribution in [0, 0.1) is 0 Å². The van der Waals surface area contributed by atoms with Crippen molar-refractivity contribution in [1.29, 1.82) is 0 Å². The van der Waals surface area contributed by atoms with Crippen LogP contribution in [0.1, 0.15) is 85.3 Å². The topological polar surface area (TPSA) is 145 Å². The molecule has 2 aromatic carbocycles. The Labute approximate surface area is 314 Å². The van der Waals surface area contributed by atoms with E-state index in [0.717, 1.165) is 39.8 Å². The number of hydrogen-bond acceptors (Lipinski definition) is 8. The van der Waals surface area contributed by atoms with Gasteiger partial charge in [0.15, 0.2) is 0 Å². The van der Waals surface area contributed by atoms with Gasteiger partial charge in [0.1, 0.15) is 11.8 Å². The van der Waals surface area contributed by atoms with Gasteiger partial charge in [0.25, 0.3) is 14.2 Å². The van der Waals surface area contributed by atoms with E-state index in [1.165, 1.54) is 23.1 Å². The number of carboxylic acid groups (broad SMARTS) is 1. The van der Waals surface area contributed by atoms with E-state index in [1.807, 2.05) is 6.07 Å². The van der Waals surface area contributed by atoms with Gasteiger partial charge in [-0.2, -0.15) is 0 Å². The molecule has 0 bridgehead atoms. The van der Waals surface area contributed by atoms with Crippen molar-refractivity contribution in [2.24, 2.45) is 5.73 Å². The molecule has 288 valence electrons. The summed E-state index contributed by atoms with van der Waals surface area (Å²) < 4.78 is 20.3. The van der Waals surface area contributed by atoms with Crippen LogP contribution in [0.2, 0.25) is 16.6 Å². The van der Waals surface area contributed by atoms with Gasteiger partial charge in [0.05, 0.1) is 25.9 Å². The second-order valence-electron chi connectivity index (χ2n) is 15.5. The van der Waals surface area contributed by atoms with Crippen LogP contribution in [0.3, 0.4) is 0 Å². The molecule has 3 heterocycles. The summed E-state index contributed by atoms with van der Waals surface area (Å²) in [7, 11) is -2.35. The van der Waals surface area contributed by atoms with Gasteiger partial charge in [0.2, 0.25) is 0 Å². The molecule has 12 heteroatoms. The molecule has 2 unspecified atom stereocenters. The van der Waals surface area contributed by atoms with E-state index < -0.39 is 26.4 Å². The summed E-state index contributed by atoms with van der Waals surface area (Å²) in [6.45, 7) is 17.7. The third kappa shape index (κ3) is 9.22. The average Bonchev–Trinajstić information content (AvgIpc) is 3.49. The molecule has 3 aromatic rings. The quantitative estimate of drug-likeness (QED) is 0.0845. The van der Waals surface area contributed by atoms with Crippen molar-refractivity contribution < 1.29 is 33.4 Å². The number of amides is 1. The molecular weight excluding hydrogens is 689 g/mol. The Morgan fingerprint density at radius 2 is 1.77 bits per heavy atom. The molecule has 11 nitrogen and oxygen atoms in total. The third-order valence-electron chi connectivity index (χ3n) is 10.9. The summed E-state index contributed by atoms with van der Waals surface area (Å²) in [6, 6.07) is 11.1. The van der Waals surface area contributed by atoms with Crippen molar-refractivity contribution in [3.8, 4) is 16.9 Å². The Bertz CT molecular complexity index is 1790. The fraction of sp³-hybridized carbons (Fsp3) is 0.537. The van der Waals surface area contributed by atoms with Gasteiger partial charge in [-0.15, -0.1) is 0 Å². The number of carbonyl (C=O) groups is 3. The van der Waals surface area contributed by atoms with Gasteiger partial charge in [-0.1, -0.05) is 65.8 Å². The molecule has 2 aliphatic rings. The van der Waals surface area contributed by atoms with Crippen LogP contribution in [0.25, 0.3) is 27.6 Å². The van der Waals surface area contributed by atoms with Gasteiger partial charge in [-0.3, -0.25) is 19.4 Å². The van der Waals surface area contributed by atoms with Crippen LogP contribution in [0.15, 0.2) is 48.7 Å². The lowest BCUT2D eigenvalue weighted by Crippen LogP contribution is -2.58. The maximum atomic E-state index is 13.5. The third-order valence-corrected chi connectivity index (χ3v) is 16.9. The van der Waals surface area contributed by atoms with Crippen LogP contribution in [-0.4, -0.2) is 79.3 Å². The first kappa shape index (κ1) is 40.2. The first-order chi connectivity index (χ1) is 25.2. The number of carbonyl (C=O) groups excluding carboxylic acids is 2. The lowest BCUT2D eigenvalue weighted by molar-refractivity contribution is -0.147. The summed E-state index contributed by atoms with van der Waals surface area (Å²) in [5.74, 6) is -0.829. The highest BCUT2D eigenvalue weighted by atomic mass is 28.4. The minimum absolute atomic E-state index is 0.258. The summed E-state index contributed by atoms with van der Waals surface area (Å²) >= 11 is 0. The zero-order chi connectivity index (χ0) is 38.4. The molecular formula is C41H58N4O7Si. The normalized spacial score (nSPS) is 17.4. The van der Waals surface area contributed by atoms with Crippen molar-refractivity contribution >= 4 is 42.6 Å². The van der Waals surface area contributed by atoms with Gasteiger partial charge in [-0.05, 0) is 89.2 Å². The Morgan fingerprint density at radius 3 is 2.42 bits per heavy atom. The zero-order valence-corrected chi connectivity index (χ0v) is 33.4. The molecule has 0 saturated carbocycles. The fourth-order valence-corrected chi connectivity index (χ4v) is 13.6. The predicted molar refractivity (Wildman–Crippen MR) is 211 cm³/mol. The van der Waals surface area contributed by atoms with E-state index in [-0.39, 0.29) is 18.3 Å². The number of nitrogens with one attached hydrogen (secondary N) is 1. The number of esters is 1. The number of fused-ring (bicyclic) bond motifs is 1. The monoisotopic (exact) mass is 746 g/mol. The smallest absolute Gasteiger partial charge is 0.322 e. The summed E-state index contributed by atoms with van der Waals surface area (Å²) in [5.41, 5.74) is 16.9. The maximum Gasteiger partial charge on any atom is 0.322 e. The fourth-order valence-electron chi connectivity index (χ4n) is 8.36. The van der Waals surface area contributed by atoms with E-state index in [4.69, 9.17) is 19.6 Å². The van der Waals surface area contributed by atoms with Crippen molar-refractivity contribution in [2.45, 2.75) is 116 Å². The highest BCUT2D eigenvalue weighted by Gasteiger charge is 2.47. The highest BCUT2D eigenvalue weighted by molar-refractivity contribution is 6.78. The van der Waals surface area contributed by atoms with Crippen molar-refractivity contribution in [1.82, 2.24) is 15.0 Å². The summed E-state index contributed by atoms with van der Waals surface area (Å²) in [4.78, 5) is 36.6. The van der Waals surface area contributed by atoms with Gasteiger partial charge in [-0.25, -0.2) is 5.43 Å². The van der Waals surface area contributed by atoms with Gasteiger partial charge >= 0.3 is 11.9 Å². The second kappa shape index (κ2) is 17.4. The number of ether oxygens (including phenoxy) is 2. The Hall–Kier alpha value is -3.97. The minimum atomic E-state index is -2.35. The van der Waals surface area contributed by atoms with E-state index in [0.29, 0.717) is 68.8 Å². The molecule has 5 rings (SSSR count). The molecule has 53 heavy (non-hydrogen) atoms. The first-order valence-electron chi connectivity index (χ1n) is 19.1. The average molecular weight is 747 g/mol. The molecule has 4 N–H and O–H groups in total. The number of benzene rings is 2. The maximum absolute atomic E-state index is 13.5. The second-order valence-corrected chi connectivity index (χ2v) is 20.8. The van der Waals surface area contributed by atoms with E-state index in [9.17, 15) is 19.5 Å². The Morgan fingerprint density at radius 1 is 1.04 bits per heavy atom. The van der Waals surface area contributed by atoms with Crippen molar-refractivity contribution in [3.05, 3.63) is 59.8 Å². The van der Waals surface area contributed by atoms with Crippen LogP contribution in [-0.2, 0) is 36.8 Å². The Kier molecular flexibility index (Phi) is 13.2. The molecule has 2 aliphatic heterocycles. The number of aliphatic carboxylic acids is 1. The molecule has 0 aliphatic carbocycles. The van der Waals surface area contributed by atoms with Crippen molar-refractivity contribution in [3.63, 3.8) is 0 Å². The molecule has 0 spiro atoms. The van der Waals surface area contributed by atoms with Crippen LogP contribution < -0.4 is 15.6 Å². The predicted octanol–water partition coefficient (Wildman–Crippen LogP) is 7.07. The zero-order valence-electron chi connectivity index (χ0n) is 32.4. The molecule has 1 saturated heterocycles. The van der Waals surface area contributed by atoms with Gasteiger partial charge < -0.3 is 29.3 Å². The number of rotatable bonds is 15.